The maximum absolute atomic E-state index is 11.6. The van der Waals surface area contributed by atoms with E-state index in [4.69, 9.17) is 29.4 Å². The zero-order chi connectivity index (χ0) is 24.6. The zero-order valence-electron chi connectivity index (χ0n) is 19.1. The molecule has 0 saturated heterocycles. The zero-order valence-corrected chi connectivity index (χ0v) is 19.1. The van der Waals surface area contributed by atoms with Gasteiger partial charge in [0.25, 0.3) is 0 Å². The number of amides is 1. The van der Waals surface area contributed by atoms with E-state index in [2.05, 4.69) is 26.3 Å². The van der Waals surface area contributed by atoms with Gasteiger partial charge in [0, 0.05) is 17.6 Å². The Morgan fingerprint density at radius 3 is 1.56 bits per heavy atom. The van der Waals surface area contributed by atoms with Crippen LogP contribution in [0.15, 0.2) is 50.3 Å². The van der Waals surface area contributed by atoms with Crippen LogP contribution in [0.4, 0.5) is 4.79 Å². The van der Waals surface area contributed by atoms with Crippen molar-refractivity contribution in [2.45, 2.75) is 26.7 Å². The molecule has 180 valence electrons. The summed E-state index contributed by atoms with van der Waals surface area (Å²) >= 11 is 0. The minimum atomic E-state index is -1.20. The highest BCUT2D eigenvalue weighted by Gasteiger charge is 2.37. The molecule has 0 rings (SSSR count). The van der Waals surface area contributed by atoms with Crippen LogP contribution in [0.1, 0.15) is 26.7 Å². The molecule has 32 heavy (non-hydrogen) atoms. The van der Waals surface area contributed by atoms with Crippen LogP contribution in [0.5, 0.6) is 0 Å². The molecule has 0 atom stereocenters. The highest BCUT2D eigenvalue weighted by Crippen LogP contribution is 2.30. The van der Waals surface area contributed by atoms with Gasteiger partial charge in [-0.05, 0) is 18.9 Å². The van der Waals surface area contributed by atoms with Crippen LogP contribution in [0.2, 0.25) is 0 Å². The highest BCUT2D eigenvalue weighted by atomic mass is 16.6. The maximum Gasteiger partial charge on any atom is 0.404 e. The first-order valence-electron chi connectivity index (χ1n) is 10.1. The smallest absolute Gasteiger partial charge is 0.404 e. The number of allylic oxidation sites excluding steroid dienone is 1. The van der Waals surface area contributed by atoms with Crippen LogP contribution in [0, 0.1) is 10.8 Å². The van der Waals surface area contributed by atoms with E-state index in [0.29, 0.717) is 12.4 Å². The lowest BCUT2D eigenvalue weighted by atomic mass is 9.84. The minimum Gasteiger partial charge on any atom is -0.494 e. The molecule has 9 heteroatoms. The largest absolute Gasteiger partial charge is 0.494 e. The average Bonchev–Trinajstić information content (AvgIpc) is 2.81. The van der Waals surface area contributed by atoms with Gasteiger partial charge in [0.05, 0.1) is 25.2 Å². The summed E-state index contributed by atoms with van der Waals surface area (Å²) in [5.41, 5.74) is 3.56. The van der Waals surface area contributed by atoms with Gasteiger partial charge >= 0.3 is 18.0 Å². The first-order valence-corrected chi connectivity index (χ1v) is 10.1. The number of rotatable bonds is 18. The van der Waals surface area contributed by atoms with E-state index < -0.39 is 23.4 Å². The molecule has 0 radical (unpaired) electrons. The van der Waals surface area contributed by atoms with Gasteiger partial charge < -0.3 is 29.4 Å². The van der Waals surface area contributed by atoms with Crippen LogP contribution in [0.25, 0.3) is 0 Å². The maximum atomic E-state index is 11.6. The van der Waals surface area contributed by atoms with Crippen LogP contribution in [0.3, 0.4) is 0 Å². The Kier molecular flexibility index (Phi) is 13.4. The third kappa shape index (κ3) is 10.8. The van der Waals surface area contributed by atoms with E-state index >= 15 is 0 Å². The number of primary amides is 1. The van der Waals surface area contributed by atoms with Crippen molar-refractivity contribution in [1.82, 2.24) is 0 Å². The van der Waals surface area contributed by atoms with Crippen molar-refractivity contribution in [1.29, 1.82) is 0 Å². The summed E-state index contributed by atoms with van der Waals surface area (Å²) in [6.07, 6.45) is 3.95. The van der Waals surface area contributed by atoms with Gasteiger partial charge in [-0.15, -0.1) is 0 Å². The average molecular weight is 454 g/mol. The second kappa shape index (κ2) is 14.9. The lowest BCUT2D eigenvalue weighted by molar-refractivity contribution is -0.156. The fourth-order valence-electron chi connectivity index (χ4n) is 2.53. The quantitative estimate of drug-likeness (QED) is 0.110. The van der Waals surface area contributed by atoms with Crippen molar-refractivity contribution in [3.05, 3.63) is 50.3 Å². The van der Waals surface area contributed by atoms with Gasteiger partial charge in [-0.3, -0.25) is 0 Å². The van der Waals surface area contributed by atoms with E-state index in [0.717, 1.165) is 25.0 Å². The van der Waals surface area contributed by atoms with Gasteiger partial charge in [-0.2, -0.15) is 0 Å². The highest BCUT2D eigenvalue weighted by molar-refractivity contribution is 5.81. The third-order valence-electron chi connectivity index (χ3n) is 5.00. The Balaban J connectivity index is 5.54. The van der Waals surface area contributed by atoms with Gasteiger partial charge in [0.1, 0.15) is 25.6 Å². The fourth-order valence-corrected chi connectivity index (χ4v) is 2.53. The molecular formula is C23H35NO8. The predicted molar refractivity (Wildman–Crippen MR) is 119 cm³/mol. The van der Waals surface area contributed by atoms with Crippen LogP contribution in [-0.2, 0) is 33.3 Å². The number of esters is 2. The summed E-state index contributed by atoms with van der Waals surface area (Å²) in [7, 11) is 0. The molecule has 0 unspecified atom stereocenters. The van der Waals surface area contributed by atoms with Gasteiger partial charge in [-0.1, -0.05) is 40.2 Å². The molecule has 0 saturated carbocycles. The normalized spacial score (nSPS) is 11.1. The van der Waals surface area contributed by atoms with E-state index in [1.54, 1.807) is 0 Å². The number of hydrogen-bond donors (Lipinski definition) is 1. The molecule has 0 heterocycles. The first kappa shape index (κ1) is 28.9. The van der Waals surface area contributed by atoms with Crippen LogP contribution >= 0.6 is 0 Å². The molecular weight excluding hydrogens is 418 g/mol. The summed E-state index contributed by atoms with van der Waals surface area (Å²) in [6.45, 7) is 17.8. The third-order valence-corrected chi connectivity index (χ3v) is 5.00. The first-order chi connectivity index (χ1) is 15.1. The molecule has 0 spiro atoms. The second-order valence-electron chi connectivity index (χ2n) is 7.39. The SMILES string of the molecule is C=CC(=C)OCC(CC)(CC)COCC(COC(N)=O)(COC(=O)C=C)COC(=O)C=C. The summed E-state index contributed by atoms with van der Waals surface area (Å²) in [5, 5.41) is 0. The van der Waals surface area contributed by atoms with Crippen molar-refractivity contribution in [2.75, 3.05) is 39.6 Å². The topological polar surface area (TPSA) is 123 Å². The van der Waals surface area contributed by atoms with E-state index in [-0.39, 0.29) is 38.4 Å². The van der Waals surface area contributed by atoms with E-state index in [9.17, 15) is 14.4 Å². The predicted octanol–water partition coefficient (Wildman–Crippen LogP) is 3.07. The molecule has 0 aromatic rings. The van der Waals surface area contributed by atoms with Crippen molar-refractivity contribution in [3.8, 4) is 0 Å². The summed E-state index contributed by atoms with van der Waals surface area (Å²) in [4.78, 5) is 34.5. The van der Waals surface area contributed by atoms with Crippen molar-refractivity contribution >= 4 is 18.0 Å². The van der Waals surface area contributed by atoms with Crippen molar-refractivity contribution in [3.63, 3.8) is 0 Å². The Bertz CT molecular complexity index is 657. The Morgan fingerprint density at radius 2 is 1.16 bits per heavy atom. The molecule has 0 aliphatic rings. The Hall–Kier alpha value is -3.07. The molecule has 0 aliphatic heterocycles. The second-order valence-corrected chi connectivity index (χ2v) is 7.39. The molecule has 0 fully saturated rings. The molecule has 9 nitrogen and oxygen atoms in total. The number of hydrogen-bond acceptors (Lipinski definition) is 8. The minimum absolute atomic E-state index is 0.0702. The molecule has 2 N–H and O–H groups in total. The van der Waals surface area contributed by atoms with Crippen molar-refractivity contribution in [2.24, 2.45) is 16.6 Å². The summed E-state index contributed by atoms with van der Waals surface area (Å²) < 4.78 is 26.9. The molecule has 0 aromatic heterocycles. The lowest BCUT2D eigenvalue weighted by Crippen LogP contribution is -2.45. The Labute approximate surface area is 189 Å². The molecule has 0 bridgehead atoms. The standard InChI is InChI=1S/C23H35NO8/c1-7-18(6)29-14-22(10-4,11-5)12-28-13-23(17-32-21(24)27,15-30-19(25)8-2)16-31-20(26)9-3/h7-9H,1-3,6,10-17H2,4-5H3,(H2,24,27). The number of nitrogens with two attached hydrogens (primary N) is 1. The summed E-state index contributed by atoms with van der Waals surface area (Å²) in [5.74, 6) is -0.944. The van der Waals surface area contributed by atoms with Crippen LogP contribution < -0.4 is 5.73 Å². The van der Waals surface area contributed by atoms with Crippen LogP contribution in [-0.4, -0.2) is 57.7 Å². The van der Waals surface area contributed by atoms with Crippen molar-refractivity contribution < 1.29 is 38.1 Å². The van der Waals surface area contributed by atoms with Gasteiger partial charge in [0.2, 0.25) is 0 Å². The number of ether oxygens (including phenoxy) is 5. The molecule has 0 aromatic carbocycles. The van der Waals surface area contributed by atoms with Gasteiger partial charge in [0.15, 0.2) is 0 Å². The fraction of sp³-hybridized carbons (Fsp3) is 0.522. The lowest BCUT2D eigenvalue weighted by Gasteiger charge is -2.35. The molecule has 1 amide bonds. The van der Waals surface area contributed by atoms with E-state index in [1.807, 2.05) is 13.8 Å². The monoisotopic (exact) mass is 453 g/mol. The summed E-state index contributed by atoms with van der Waals surface area (Å²) in [6, 6.07) is 0. The number of carbonyl (C=O) groups excluding carboxylic acids is 3. The molecule has 0 aliphatic carbocycles. The Morgan fingerprint density at radius 1 is 0.719 bits per heavy atom. The van der Waals surface area contributed by atoms with E-state index in [1.165, 1.54) is 6.08 Å². The van der Waals surface area contributed by atoms with Gasteiger partial charge in [-0.25, -0.2) is 14.4 Å². The number of carbonyl (C=O) groups is 3.